The summed E-state index contributed by atoms with van der Waals surface area (Å²) in [5, 5.41) is 25.8. The van der Waals surface area contributed by atoms with Crippen molar-refractivity contribution in [3.63, 3.8) is 0 Å². The third kappa shape index (κ3) is 5.55. The first-order valence-corrected chi connectivity index (χ1v) is 14.2. The number of aliphatic hydroxyl groups is 1. The van der Waals surface area contributed by atoms with Crippen molar-refractivity contribution in [2.24, 2.45) is 12.0 Å². The molecule has 3 aromatic rings. The van der Waals surface area contributed by atoms with Gasteiger partial charge in [0.05, 0.1) is 30.6 Å². The van der Waals surface area contributed by atoms with E-state index >= 15 is 0 Å². The second kappa shape index (κ2) is 11.2. The predicted molar refractivity (Wildman–Crippen MR) is 158 cm³/mol. The van der Waals surface area contributed by atoms with Gasteiger partial charge >= 0.3 is 0 Å². The lowest BCUT2D eigenvalue weighted by Crippen LogP contribution is -2.51. The van der Waals surface area contributed by atoms with Gasteiger partial charge < -0.3 is 19.7 Å². The van der Waals surface area contributed by atoms with Gasteiger partial charge in [0.25, 0.3) is 0 Å². The van der Waals surface area contributed by atoms with E-state index in [0.717, 1.165) is 59.9 Å². The second-order valence-electron chi connectivity index (χ2n) is 11.9. The normalized spacial score (nSPS) is 18.2. The zero-order chi connectivity index (χ0) is 28.6. The quantitative estimate of drug-likeness (QED) is 0.318. The van der Waals surface area contributed by atoms with Crippen LogP contribution in [0.1, 0.15) is 64.8 Å². The summed E-state index contributed by atoms with van der Waals surface area (Å²) in [4.78, 5) is 11.8. The van der Waals surface area contributed by atoms with Crippen LogP contribution in [0.5, 0.6) is 5.75 Å². The molecule has 5 rings (SSSR count). The van der Waals surface area contributed by atoms with Gasteiger partial charge in [-0.25, -0.2) is 9.98 Å². The Hall–Kier alpha value is -3.50. The molecule has 2 aromatic heterocycles. The lowest BCUT2D eigenvalue weighted by atomic mass is 9.87. The maximum Gasteiger partial charge on any atom is 0.155 e. The van der Waals surface area contributed by atoms with Crippen LogP contribution < -0.4 is 10.1 Å². The van der Waals surface area contributed by atoms with E-state index in [4.69, 9.17) is 15.1 Å². The highest BCUT2D eigenvalue weighted by atomic mass is 16.5. The van der Waals surface area contributed by atoms with Crippen molar-refractivity contribution in [1.29, 1.82) is 5.41 Å². The molecule has 0 aliphatic carbocycles. The Balaban J connectivity index is 1.49. The molecular weight excluding hydrogens is 504 g/mol. The Morgan fingerprint density at radius 2 is 2.08 bits per heavy atom. The smallest absolute Gasteiger partial charge is 0.155 e. The number of benzene rings is 1. The van der Waals surface area contributed by atoms with Crippen molar-refractivity contribution in [3.8, 4) is 28.3 Å². The lowest BCUT2D eigenvalue weighted by Gasteiger charge is -2.42. The van der Waals surface area contributed by atoms with E-state index in [1.54, 1.807) is 6.92 Å². The summed E-state index contributed by atoms with van der Waals surface area (Å²) in [6, 6.07) is 6.50. The topological polar surface area (TPSA) is 117 Å². The number of aliphatic imine (C=N–C) groups is 1. The number of aromatic nitrogens is 4. The monoisotopic (exact) mass is 546 g/mol. The molecule has 1 aromatic carbocycles. The molecule has 0 saturated carbocycles. The molecule has 40 heavy (non-hydrogen) atoms. The molecule has 1 unspecified atom stereocenters. The van der Waals surface area contributed by atoms with Crippen LogP contribution in [-0.4, -0.2) is 78.9 Å². The summed E-state index contributed by atoms with van der Waals surface area (Å²) < 4.78 is 10.4. The van der Waals surface area contributed by atoms with Gasteiger partial charge in [-0.1, -0.05) is 6.07 Å². The molecule has 10 heteroatoms. The number of ether oxygens (including phenoxy) is 1. The molecular formula is C30H42N8O2. The SMILES string of the molecule is CC(=N)/N=C(\NC(C)C)c1cn2c(n1)-c1ccc(-c3cnn(C)c3C3CCCN(C(C)(C)CO)C3)cc1OCC2. The molecule has 1 saturated heterocycles. The number of rotatable bonds is 6. The van der Waals surface area contributed by atoms with Gasteiger partial charge in [-0.3, -0.25) is 15.0 Å². The number of fused-ring (bicyclic) bond motifs is 3. The predicted octanol–water partition coefficient (Wildman–Crippen LogP) is 4.04. The van der Waals surface area contributed by atoms with Crippen molar-refractivity contribution in [3.05, 3.63) is 42.0 Å². The van der Waals surface area contributed by atoms with E-state index < -0.39 is 0 Å². The first kappa shape index (κ1) is 28.0. The summed E-state index contributed by atoms with van der Waals surface area (Å²) in [6.45, 7) is 13.2. The standard InChI is InChI=1S/C30H42N8O2/c1-19(2)33-28(34-20(3)31)25-17-37-12-13-40-26-14-21(9-10-23(26)29(37)35-25)24-15-32-36(6)27(24)22-8-7-11-38(16-22)30(4,5)18-39/h9-10,14-15,17,19,22,39H,7-8,11-13,16,18H2,1-6H3,(H2,31,33,34). The zero-order valence-electron chi connectivity index (χ0n) is 24.5. The number of nitrogens with one attached hydrogen (secondary N) is 2. The maximum absolute atomic E-state index is 9.96. The highest BCUT2D eigenvalue weighted by Crippen LogP contribution is 2.40. The minimum atomic E-state index is -0.247. The van der Waals surface area contributed by atoms with E-state index in [9.17, 15) is 5.11 Å². The van der Waals surface area contributed by atoms with E-state index in [-0.39, 0.29) is 24.0 Å². The third-order valence-electron chi connectivity index (χ3n) is 7.88. The average molecular weight is 547 g/mol. The molecule has 1 atom stereocenters. The summed E-state index contributed by atoms with van der Waals surface area (Å²) in [5.41, 5.74) is 4.81. The Bertz CT molecular complexity index is 1420. The highest BCUT2D eigenvalue weighted by molar-refractivity contribution is 6.04. The molecule has 3 N–H and O–H groups in total. The fourth-order valence-electron chi connectivity index (χ4n) is 5.77. The van der Waals surface area contributed by atoms with Crippen LogP contribution in [-0.2, 0) is 13.6 Å². The zero-order valence-corrected chi connectivity index (χ0v) is 24.5. The van der Waals surface area contributed by atoms with Gasteiger partial charge in [-0.05, 0) is 71.7 Å². The van der Waals surface area contributed by atoms with Gasteiger partial charge in [-0.2, -0.15) is 5.10 Å². The van der Waals surface area contributed by atoms with Gasteiger partial charge in [0.1, 0.15) is 29.7 Å². The summed E-state index contributed by atoms with van der Waals surface area (Å²) in [5.74, 6) is 2.79. The molecule has 214 valence electrons. The largest absolute Gasteiger partial charge is 0.491 e. The first-order chi connectivity index (χ1) is 19.1. The molecule has 0 amide bonds. The van der Waals surface area contributed by atoms with Crippen molar-refractivity contribution in [1.82, 2.24) is 29.5 Å². The van der Waals surface area contributed by atoms with Crippen LogP contribution in [0.15, 0.2) is 35.6 Å². The number of hydrogen-bond donors (Lipinski definition) is 3. The van der Waals surface area contributed by atoms with Crippen LogP contribution in [0, 0.1) is 5.41 Å². The number of aryl methyl sites for hydroxylation is 1. The third-order valence-corrected chi connectivity index (χ3v) is 7.88. The molecule has 2 aliphatic heterocycles. The molecule has 1 fully saturated rings. The Morgan fingerprint density at radius 3 is 2.80 bits per heavy atom. The van der Waals surface area contributed by atoms with Crippen molar-refractivity contribution in [2.75, 3.05) is 26.3 Å². The fourth-order valence-corrected chi connectivity index (χ4v) is 5.77. The van der Waals surface area contributed by atoms with Gasteiger partial charge in [0.2, 0.25) is 0 Å². The molecule has 4 heterocycles. The van der Waals surface area contributed by atoms with E-state index in [1.165, 1.54) is 5.69 Å². The number of amidine groups is 2. The molecule has 0 radical (unpaired) electrons. The van der Waals surface area contributed by atoms with E-state index in [0.29, 0.717) is 24.9 Å². The van der Waals surface area contributed by atoms with Crippen LogP contribution >= 0.6 is 0 Å². The number of likely N-dealkylation sites (tertiary alicyclic amines) is 1. The second-order valence-corrected chi connectivity index (χ2v) is 11.9. The van der Waals surface area contributed by atoms with Crippen LogP contribution in [0.4, 0.5) is 0 Å². The van der Waals surface area contributed by atoms with Crippen LogP contribution in [0.25, 0.3) is 22.5 Å². The van der Waals surface area contributed by atoms with Crippen LogP contribution in [0.2, 0.25) is 0 Å². The number of nitrogens with zero attached hydrogens (tertiary/aromatic N) is 6. The maximum atomic E-state index is 9.96. The molecule has 10 nitrogen and oxygen atoms in total. The van der Waals surface area contributed by atoms with Gasteiger partial charge in [0.15, 0.2) is 5.84 Å². The number of imidazole rings is 1. The summed E-state index contributed by atoms with van der Waals surface area (Å²) in [6.07, 6.45) is 6.13. The number of aliphatic hydroxyl groups excluding tert-OH is 1. The number of piperidine rings is 1. The molecule has 0 spiro atoms. The Labute approximate surface area is 236 Å². The van der Waals surface area contributed by atoms with E-state index in [2.05, 4.69) is 56.9 Å². The van der Waals surface area contributed by atoms with E-state index in [1.807, 2.05) is 38.0 Å². The summed E-state index contributed by atoms with van der Waals surface area (Å²) >= 11 is 0. The highest BCUT2D eigenvalue weighted by Gasteiger charge is 2.34. The lowest BCUT2D eigenvalue weighted by molar-refractivity contribution is 0.0348. The first-order valence-electron chi connectivity index (χ1n) is 14.2. The summed E-state index contributed by atoms with van der Waals surface area (Å²) in [7, 11) is 2.02. The fraction of sp³-hybridized carbons (Fsp3) is 0.533. The molecule has 0 bridgehead atoms. The Morgan fingerprint density at radius 1 is 1.27 bits per heavy atom. The number of hydrogen-bond acceptors (Lipinski definition) is 6. The molecule has 2 aliphatic rings. The van der Waals surface area contributed by atoms with Crippen molar-refractivity contribution < 1.29 is 9.84 Å². The average Bonchev–Trinajstić information content (AvgIpc) is 3.47. The van der Waals surface area contributed by atoms with Crippen LogP contribution in [0.3, 0.4) is 0 Å². The van der Waals surface area contributed by atoms with Crippen molar-refractivity contribution in [2.45, 2.75) is 71.5 Å². The van der Waals surface area contributed by atoms with Gasteiger partial charge in [0, 0.05) is 42.9 Å². The Kier molecular flexibility index (Phi) is 7.83. The van der Waals surface area contributed by atoms with Crippen molar-refractivity contribution >= 4 is 11.7 Å². The minimum absolute atomic E-state index is 0.138. The van der Waals surface area contributed by atoms with Gasteiger partial charge in [-0.15, -0.1) is 0 Å². The minimum Gasteiger partial charge on any atom is -0.491 e.